The molecule has 86 valence electrons. The Kier molecular flexibility index (Phi) is 8.80. The van der Waals surface area contributed by atoms with E-state index in [0.717, 1.165) is 11.2 Å². The van der Waals surface area contributed by atoms with Crippen molar-refractivity contribution in [3.63, 3.8) is 0 Å². The van der Waals surface area contributed by atoms with Gasteiger partial charge in [0.1, 0.15) is 0 Å². The third-order valence-electron chi connectivity index (χ3n) is 2.44. The highest BCUT2D eigenvalue weighted by Gasteiger charge is 2.06. The maximum Gasteiger partial charge on any atom is 0.00417 e. The average molecular weight is 217 g/mol. The second-order valence-electron chi connectivity index (χ2n) is 4.64. The summed E-state index contributed by atoms with van der Waals surface area (Å²) in [7, 11) is 0. The minimum absolute atomic E-state index is 0.636. The second-order valence-corrected chi connectivity index (χ2v) is 6.12. The smallest absolute Gasteiger partial charge is 0.00417 e. The molecule has 0 fully saturated rings. The highest BCUT2D eigenvalue weighted by atomic mass is 32.2. The van der Waals surface area contributed by atoms with E-state index in [4.69, 9.17) is 0 Å². The minimum atomic E-state index is 0.636. The summed E-state index contributed by atoms with van der Waals surface area (Å²) in [5.74, 6) is 2.13. The van der Waals surface area contributed by atoms with Crippen LogP contribution in [0.2, 0.25) is 0 Å². The van der Waals surface area contributed by atoms with Gasteiger partial charge < -0.3 is 5.32 Å². The number of hydrogen-bond donors (Lipinski definition) is 1. The van der Waals surface area contributed by atoms with Gasteiger partial charge in [0.15, 0.2) is 0 Å². The molecule has 0 aromatic rings. The van der Waals surface area contributed by atoms with Gasteiger partial charge in [-0.1, -0.05) is 34.6 Å². The summed E-state index contributed by atoms with van der Waals surface area (Å²) >= 11 is 2.12. The molecule has 1 nitrogen and oxygen atoms in total. The summed E-state index contributed by atoms with van der Waals surface area (Å²) in [6.45, 7) is 12.5. The Morgan fingerprint density at radius 3 is 2.14 bits per heavy atom. The van der Waals surface area contributed by atoms with Crippen molar-refractivity contribution in [2.24, 2.45) is 5.92 Å². The molecule has 14 heavy (non-hydrogen) atoms. The lowest BCUT2D eigenvalue weighted by atomic mass is 10.2. The van der Waals surface area contributed by atoms with Gasteiger partial charge in [-0.15, -0.1) is 0 Å². The van der Waals surface area contributed by atoms with Crippen LogP contribution in [-0.2, 0) is 0 Å². The van der Waals surface area contributed by atoms with Crippen LogP contribution < -0.4 is 5.32 Å². The summed E-state index contributed by atoms with van der Waals surface area (Å²) in [6.07, 6.45) is 2.66. The zero-order valence-electron chi connectivity index (χ0n) is 10.5. The van der Waals surface area contributed by atoms with Crippen LogP contribution in [0, 0.1) is 5.92 Å². The maximum absolute atomic E-state index is 3.45. The van der Waals surface area contributed by atoms with Crippen molar-refractivity contribution < 1.29 is 0 Å². The standard InChI is InChI=1S/C12H27NS/c1-10(2)12(5)14-9-7-6-8-13-11(3)4/h10-13H,6-9H2,1-5H3. The molecule has 0 radical (unpaired) electrons. The second kappa shape index (κ2) is 8.60. The van der Waals surface area contributed by atoms with Crippen LogP contribution >= 0.6 is 11.8 Å². The topological polar surface area (TPSA) is 12.0 Å². The van der Waals surface area contributed by atoms with Gasteiger partial charge in [-0.3, -0.25) is 0 Å². The zero-order valence-corrected chi connectivity index (χ0v) is 11.3. The van der Waals surface area contributed by atoms with Crippen molar-refractivity contribution in [3.05, 3.63) is 0 Å². The van der Waals surface area contributed by atoms with E-state index >= 15 is 0 Å². The van der Waals surface area contributed by atoms with Gasteiger partial charge >= 0.3 is 0 Å². The minimum Gasteiger partial charge on any atom is -0.315 e. The average Bonchev–Trinajstić information content (AvgIpc) is 2.09. The van der Waals surface area contributed by atoms with E-state index in [1.807, 2.05) is 0 Å². The summed E-state index contributed by atoms with van der Waals surface area (Å²) in [5, 5.41) is 4.26. The molecule has 0 saturated heterocycles. The molecule has 0 amide bonds. The first kappa shape index (κ1) is 14.3. The van der Waals surface area contributed by atoms with E-state index in [-0.39, 0.29) is 0 Å². The van der Waals surface area contributed by atoms with E-state index in [1.165, 1.54) is 25.1 Å². The van der Waals surface area contributed by atoms with Crippen molar-refractivity contribution in [2.75, 3.05) is 12.3 Å². The fraction of sp³-hybridized carbons (Fsp3) is 1.00. The van der Waals surface area contributed by atoms with E-state index in [1.54, 1.807) is 0 Å². The van der Waals surface area contributed by atoms with Crippen molar-refractivity contribution in [1.82, 2.24) is 5.32 Å². The van der Waals surface area contributed by atoms with E-state index in [9.17, 15) is 0 Å². The molecule has 0 bridgehead atoms. The zero-order chi connectivity index (χ0) is 11.0. The summed E-state index contributed by atoms with van der Waals surface area (Å²) < 4.78 is 0. The van der Waals surface area contributed by atoms with Crippen molar-refractivity contribution in [2.45, 2.75) is 58.8 Å². The van der Waals surface area contributed by atoms with Gasteiger partial charge in [0.2, 0.25) is 0 Å². The number of unbranched alkanes of at least 4 members (excludes halogenated alkanes) is 1. The first-order valence-electron chi connectivity index (χ1n) is 5.89. The molecule has 1 unspecified atom stereocenters. The first-order valence-corrected chi connectivity index (χ1v) is 6.94. The quantitative estimate of drug-likeness (QED) is 0.624. The lowest BCUT2D eigenvalue weighted by molar-refractivity contribution is 0.567. The lowest BCUT2D eigenvalue weighted by Crippen LogP contribution is -2.23. The van der Waals surface area contributed by atoms with Gasteiger partial charge in [0.25, 0.3) is 0 Å². The predicted molar refractivity (Wildman–Crippen MR) is 69.1 cm³/mol. The van der Waals surface area contributed by atoms with Crippen molar-refractivity contribution >= 4 is 11.8 Å². The molecule has 2 heteroatoms. The Morgan fingerprint density at radius 2 is 1.64 bits per heavy atom. The molecule has 1 N–H and O–H groups in total. The molecule has 0 aliphatic heterocycles. The Labute approximate surface area is 94.4 Å². The van der Waals surface area contributed by atoms with Gasteiger partial charge in [-0.05, 0) is 31.1 Å². The molecule has 0 aliphatic carbocycles. The molecule has 0 rings (SSSR count). The summed E-state index contributed by atoms with van der Waals surface area (Å²) in [4.78, 5) is 0. The van der Waals surface area contributed by atoms with Crippen LogP contribution in [0.5, 0.6) is 0 Å². The van der Waals surface area contributed by atoms with Crippen LogP contribution in [0.1, 0.15) is 47.5 Å². The number of rotatable bonds is 8. The first-order chi connectivity index (χ1) is 6.54. The molecule has 1 atom stereocenters. The van der Waals surface area contributed by atoms with Crippen LogP contribution in [0.3, 0.4) is 0 Å². The van der Waals surface area contributed by atoms with E-state index in [0.29, 0.717) is 6.04 Å². The van der Waals surface area contributed by atoms with Crippen LogP contribution in [0.25, 0.3) is 0 Å². The molecule has 0 aliphatic rings. The Morgan fingerprint density at radius 1 is 1.00 bits per heavy atom. The molecule has 0 saturated carbocycles. The molecular weight excluding hydrogens is 190 g/mol. The molecule has 0 spiro atoms. The summed E-state index contributed by atoms with van der Waals surface area (Å²) in [5.41, 5.74) is 0. The fourth-order valence-electron chi connectivity index (χ4n) is 1.08. The maximum atomic E-state index is 3.45. The predicted octanol–water partition coefficient (Wildman–Crippen LogP) is 3.54. The van der Waals surface area contributed by atoms with Crippen LogP contribution in [0.15, 0.2) is 0 Å². The third-order valence-corrected chi connectivity index (χ3v) is 4.04. The van der Waals surface area contributed by atoms with Gasteiger partial charge in [-0.25, -0.2) is 0 Å². The monoisotopic (exact) mass is 217 g/mol. The van der Waals surface area contributed by atoms with E-state index < -0.39 is 0 Å². The molecule has 0 aromatic carbocycles. The molecule has 0 aromatic heterocycles. The van der Waals surface area contributed by atoms with Crippen LogP contribution in [-0.4, -0.2) is 23.6 Å². The largest absolute Gasteiger partial charge is 0.315 e. The summed E-state index contributed by atoms with van der Waals surface area (Å²) in [6, 6.07) is 0.636. The fourth-order valence-corrected chi connectivity index (χ4v) is 2.21. The highest BCUT2D eigenvalue weighted by molar-refractivity contribution is 7.99. The Balaban J connectivity index is 3.13. The molecule has 0 heterocycles. The Bertz CT molecular complexity index is 123. The van der Waals surface area contributed by atoms with Crippen molar-refractivity contribution in [1.29, 1.82) is 0 Å². The van der Waals surface area contributed by atoms with E-state index in [2.05, 4.69) is 51.7 Å². The lowest BCUT2D eigenvalue weighted by Gasteiger charge is -2.14. The third kappa shape index (κ3) is 8.89. The number of nitrogens with one attached hydrogen (secondary N) is 1. The number of thioether (sulfide) groups is 1. The van der Waals surface area contributed by atoms with Crippen molar-refractivity contribution in [3.8, 4) is 0 Å². The van der Waals surface area contributed by atoms with Gasteiger partial charge in [-0.2, -0.15) is 11.8 Å². The normalized spacial score (nSPS) is 13.9. The number of hydrogen-bond acceptors (Lipinski definition) is 2. The van der Waals surface area contributed by atoms with Crippen LogP contribution in [0.4, 0.5) is 0 Å². The Hall–Kier alpha value is 0.310. The highest BCUT2D eigenvalue weighted by Crippen LogP contribution is 2.19. The molecular formula is C12H27NS. The van der Waals surface area contributed by atoms with Gasteiger partial charge in [0.05, 0.1) is 0 Å². The SMILES string of the molecule is CC(C)NCCCCSC(C)C(C)C. The van der Waals surface area contributed by atoms with Gasteiger partial charge in [0, 0.05) is 11.3 Å².